The molecule has 19 heavy (non-hydrogen) atoms. The van der Waals surface area contributed by atoms with E-state index in [1.807, 2.05) is 41.4 Å². The molecule has 2 heterocycles. The van der Waals surface area contributed by atoms with Crippen LogP contribution < -0.4 is 0 Å². The Kier molecular flexibility index (Phi) is 3.59. The maximum absolute atomic E-state index is 12.6. The summed E-state index contributed by atoms with van der Waals surface area (Å²) in [4.78, 5) is 17.8. The number of hydrogen-bond donors (Lipinski definition) is 1. The van der Waals surface area contributed by atoms with Crippen LogP contribution >= 0.6 is 22.6 Å². The molecular formula is C15H15IN2O. The molecule has 1 atom stereocenters. The molecule has 3 rings (SSSR count). The van der Waals surface area contributed by atoms with Crippen LogP contribution in [-0.2, 0) is 0 Å². The van der Waals surface area contributed by atoms with Crippen LogP contribution in [0.15, 0.2) is 42.6 Å². The van der Waals surface area contributed by atoms with E-state index in [2.05, 4.69) is 33.6 Å². The maximum Gasteiger partial charge on any atom is 0.254 e. The number of carbonyl (C=O) groups excluding carboxylic acids is 1. The summed E-state index contributed by atoms with van der Waals surface area (Å²) in [6.45, 7) is 0.842. The minimum Gasteiger partial charge on any atom is -0.363 e. The highest BCUT2D eigenvalue weighted by atomic mass is 127. The number of likely N-dealkylation sites (tertiary alicyclic amines) is 1. The van der Waals surface area contributed by atoms with E-state index in [0.717, 1.165) is 34.2 Å². The minimum atomic E-state index is 0.133. The molecule has 1 aromatic carbocycles. The van der Waals surface area contributed by atoms with Crippen molar-refractivity contribution in [2.24, 2.45) is 0 Å². The third-order valence-electron chi connectivity index (χ3n) is 3.59. The van der Waals surface area contributed by atoms with Crippen molar-refractivity contribution < 1.29 is 4.79 Å². The number of nitrogens with one attached hydrogen (secondary N) is 1. The molecule has 3 nitrogen and oxygen atoms in total. The van der Waals surface area contributed by atoms with Crippen LogP contribution in [0.3, 0.4) is 0 Å². The molecule has 0 aliphatic carbocycles. The van der Waals surface area contributed by atoms with Crippen molar-refractivity contribution in [1.29, 1.82) is 0 Å². The lowest BCUT2D eigenvalue weighted by molar-refractivity contribution is 0.0733. The topological polar surface area (TPSA) is 36.1 Å². The van der Waals surface area contributed by atoms with Crippen molar-refractivity contribution in [2.75, 3.05) is 6.54 Å². The monoisotopic (exact) mass is 366 g/mol. The van der Waals surface area contributed by atoms with Crippen LogP contribution in [0.4, 0.5) is 0 Å². The van der Waals surface area contributed by atoms with Crippen molar-refractivity contribution in [3.05, 3.63) is 57.4 Å². The van der Waals surface area contributed by atoms with Gasteiger partial charge >= 0.3 is 0 Å². The van der Waals surface area contributed by atoms with Gasteiger partial charge in [-0.3, -0.25) is 4.79 Å². The van der Waals surface area contributed by atoms with Gasteiger partial charge in [-0.05, 0) is 71.8 Å². The first-order valence-electron chi connectivity index (χ1n) is 6.45. The van der Waals surface area contributed by atoms with Crippen LogP contribution in [0, 0.1) is 3.57 Å². The normalized spacial score (nSPS) is 18.8. The molecule has 1 fully saturated rings. The van der Waals surface area contributed by atoms with Gasteiger partial charge in [0, 0.05) is 27.6 Å². The van der Waals surface area contributed by atoms with Crippen LogP contribution in [0.5, 0.6) is 0 Å². The summed E-state index contributed by atoms with van der Waals surface area (Å²) >= 11 is 2.25. The predicted molar refractivity (Wildman–Crippen MR) is 83.0 cm³/mol. The first-order chi connectivity index (χ1) is 9.25. The number of benzene rings is 1. The summed E-state index contributed by atoms with van der Waals surface area (Å²) in [5.41, 5.74) is 1.91. The predicted octanol–water partition coefficient (Wildman–Crippen LogP) is 3.60. The number of amides is 1. The Morgan fingerprint density at radius 3 is 2.74 bits per heavy atom. The molecule has 0 saturated carbocycles. The lowest BCUT2D eigenvalue weighted by Crippen LogP contribution is -2.30. The summed E-state index contributed by atoms with van der Waals surface area (Å²) in [5, 5.41) is 0. The van der Waals surface area contributed by atoms with Gasteiger partial charge in [0.05, 0.1) is 6.04 Å². The van der Waals surface area contributed by atoms with Crippen molar-refractivity contribution >= 4 is 28.5 Å². The van der Waals surface area contributed by atoms with Crippen molar-refractivity contribution in [3.63, 3.8) is 0 Å². The van der Waals surface area contributed by atoms with Gasteiger partial charge in [-0.25, -0.2) is 0 Å². The number of halogens is 1. The zero-order chi connectivity index (χ0) is 13.2. The van der Waals surface area contributed by atoms with E-state index in [1.54, 1.807) is 0 Å². The fraction of sp³-hybridized carbons (Fsp3) is 0.267. The Bertz CT molecular complexity index is 562. The second-order valence-corrected chi connectivity index (χ2v) is 6.03. The first kappa shape index (κ1) is 12.7. The molecule has 0 radical (unpaired) electrons. The average molecular weight is 366 g/mol. The van der Waals surface area contributed by atoms with E-state index in [4.69, 9.17) is 0 Å². The number of aromatic nitrogens is 1. The highest BCUT2D eigenvalue weighted by molar-refractivity contribution is 14.1. The number of H-pyrrole nitrogens is 1. The SMILES string of the molecule is O=C(c1ccc(I)cc1)N1CCC[C@@H]1c1ccc[nH]1. The lowest BCUT2D eigenvalue weighted by atomic mass is 10.1. The van der Waals surface area contributed by atoms with Crippen LogP contribution in [0.25, 0.3) is 0 Å². The molecule has 0 unspecified atom stereocenters. The van der Waals surface area contributed by atoms with Gasteiger partial charge in [0.15, 0.2) is 0 Å². The Morgan fingerprint density at radius 2 is 2.05 bits per heavy atom. The Labute approximate surface area is 126 Å². The molecule has 1 aliphatic heterocycles. The van der Waals surface area contributed by atoms with Crippen LogP contribution in [0.1, 0.15) is 34.9 Å². The molecular weight excluding hydrogens is 351 g/mol. The Balaban J connectivity index is 1.84. The lowest BCUT2D eigenvalue weighted by Gasteiger charge is -2.24. The second-order valence-electron chi connectivity index (χ2n) is 4.79. The largest absolute Gasteiger partial charge is 0.363 e. The third kappa shape index (κ3) is 2.54. The molecule has 4 heteroatoms. The van der Waals surface area contributed by atoms with Gasteiger partial charge in [-0.15, -0.1) is 0 Å². The third-order valence-corrected chi connectivity index (χ3v) is 4.31. The van der Waals surface area contributed by atoms with Crippen molar-refractivity contribution in [1.82, 2.24) is 9.88 Å². The number of nitrogens with zero attached hydrogens (tertiary/aromatic N) is 1. The molecule has 0 bridgehead atoms. The molecule has 1 saturated heterocycles. The second kappa shape index (κ2) is 5.36. The number of rotatable bonds is 2. The molecule has 98 valence electrons. The van der Waals surface area contributed by atoms with Gasteiger partial charge < -0.3 is 9.88 Å². The highest BCUT2D eigenvalue weighted by Crippen LogP contribution is 2.32. The molecule has 1 aromatic heterocycles. The Hall–Kier alpha value is -1.30. The molecule has 1 amide bonds. The first-order valence-corrected chi connectivity index (χ1v) is 7.53. The smallest absolute Gasteiger partial charge is 0.254 e. The van der Waals surface area contributed by atoms with E-state index < -0.39 is 0 Å². The highest BCUT2D eigenvalue weighted by Gasteiger charge is 2.30. The zero-order valence-electron chi connectivity index (χ0n) is 10.5. The van der Waals surface area contributed by atoms with Crippen LogP contribution in [-0.4, -0.2) is 22.3 Å². The van der Waals surface area contributed by atoms with E-state index in [1.165, 1.54) is 0 Å². The minimum absolute atomic E-state index is 0.133. The van der Waals surface area contributed by atoms with Gasteiger partial charge in [0.25, 0.3) is 5.91 Å². The fourth-order valence-corrected chi connectivity index (χ4v) is 3.00. The van der Waals surface area contributed by atoms with Gasteiger partial charge in [-0.1, -0.05) is 0 Å². The van der Waals surface area contributed by atoms with Crippen LogP contribution in [0.2, 0.25) is 0 Å². The summed E-state index contributed by atoms with van der Waals surface area (Å²) < 4.78 is 1.15. The zero-order valence-corrected chi connectivity index (χ0v) is 12.6. The summed E-state index contributed by atoms with van der Waals surface area (Å²) in [7, 11) is 0. The number of hydrogen-bond acceptors (Lipinski definition) is 1. The van der Waals surface area contributed by atoms with Gasteiger partial charge in [-0.2, -0.15) is 0 Å². The standard InChI is InChI=1S/C15H15IN2O/c16-12-7-5-11(6-8-12)15(19)18-10-2-4-14(18)13-3-1-9-17-13/h1,3,5-9,14,17H,2,4,10H2/t14-/m1/s1. The fourth-order valence-electron chi connectivity index (χ4n) is 2.64. The van der Waals surface area contributed by atoms with Crippen molar-refractivity contribution in [3.8, 4) is 0 Å². The molecule has 1 N–H and O–H groups in total. The van der Waals surface area contributed by atoms with E-state index in [9.17, 15) is 4.79 Å². The average Bonchev–Trinajstić information content (AvgIpc) is 3.09. The quantitative estimate of drug-likeness (QED) is 0.811. The van der Waals surface area contributed by atoms with E-state index in [0.29, 0.717) is 0 Å². The van der Waals surface area contributed by atoms with Gasteiger partial charge in [0.1, 0.15) is 0 Å². The number of aromatic amines is 1. The molecule has 2 aromatic rings. The van der Waals surface area contributed by atoms with Crippen molar-refractivity contribution in [2.45, 2.75) is 18.9 Å². The van der Waals surface area contributed by atoms with Gasteiger partial charge in [0.2, 0.25) is 0 Å². The number of carbonyl (C=O) groups is 1. The van der Waals surface area contributed by atoms with E-state index in [-0.39, 0.29) is 11.9 Å². The summed E-state index contributed by atoms with van der Waals surface area (Å²) in [6.07, 6.45) is 4.03. The summed E-state index contributed by atoms with van der Waals surface area (Å²) in [5.74, 6) is 0.133. The molecule has 0 spiro atoms. The van der Waals surface area contributed by atoms with E-state index >= 15 is 0 Å². The summed E-state index contributed by atoms with van der Waals surface area (Å²) in [6, 6.07) is 12.0. The maximum atomic E-state index is 12.6. The Morgan fingerprint density at radius 1 is 1.26 bits per heavy atom. The molecule has 1 aliphatic rings.